The highest BCUT2D eigenvalue weighted by Gasteiger charge is 2.10. The monoisotopic (exact) mass is 263 g/mol. The van der Waals surface area contributed by atoms with Crippen LogP contribution >= 0.6 is 0 Å². The second-order valence-corrected chi connectivity index (χ2v) is 3.96. The standard InChI is InChI=1S/C12H17N5O2/c1-13-7-12-14-15-16-17(12)8-9-6-10(18-2)4-5-11(9)19-3/h4-6,13H,7-8H2,1-3H3. The quantitative estimate of drug-likeness (QED) is 0.816. The Kier molecular flexibility index (Phi) is 4.30. The number of rotatable bonds is 6. The number of aromatic nitrogens is 4. The Labute approximate surface area is 111 Å². The van der Waals surface area contributed by atoms with Crippen LogP contribution in [0.2, 0.25) is 0 Å². The van der Waals surface area contributed by atoms with Crippen molar-refractivity contribution in [3.63, 3.8) is 0 Å². The lowest BCUT2D eigenvalue weighted by Gasteiger charge is -2.11. The third-order valence-electron chi connectivity index (χ3n) is 2.75. The second kappa shape index (κ2) is 6.14. The van der Waals surface area contributed by atoms with E-state index in [1.54, 1.807) is 18.9 Å². The number of benzene rings is 1. The number of methoxy groups -OCH3 is 2. The van der Waals surface area contributed by atoms with Crippen LogP contribution in [0, 0.1) is 0 Å². The summed E-state index contributed by atoms with van der Waals surface area (Å²) in [6, 6.07) is 5.65. The zero-order valence-electron chi connectivity index (χ0n) is 11.3. The Hall–Kier alpha value is -2.15. The zero-order chi connectivity index (χ0) is 13.7. The van der Waals surface area contributed by atoms with Gasteiger partial charge in [-0.05, 0) is 35.7 Å². The molecule has 0 radical (unpaired) electrons. The van der Waals surface area contributed by atoms with E-state index in [4.69, 9.17) is 9.47 Å². The number of nitrogens with zero attached hydrogens (tertiary/aromatic N) is 4. The van der Waals surface area contributed by atoms with Gasteiger partial charge in [0.2, 0.25) is 0 Å². The summed E-state index contributed by atoms with van der Waals surface area (Å²) in [5.41, 5.74) is 0.964. The summed E-state index contributed by atoms with van der Waals surface area (Å²) in [5.74, 6) is 2.33. The van der Waals surface area contributed by atoms with E-state index >= 15 is 0 Å². The molecule has 0 aliphatic carbocycles. The lowest BCUT2D eigenvalue weighted by Crippen LogP contribution is -2.14. The van der Waals surface area contributed by atoms with Gasteiger partial charge in [-0.3, -0.25) is 0 Å². The van der Waals surface area contributed by atoms with Crippen LogP contribution in [0.1, 0.15) is 11.4 Å². The van der Waals surface area contributed by atoms with Gasteiger partial charge in [-0.25, -0.2) is 4.68 Å². The van der Waals surface area contributed by atoms with E-state index < -0.39 is 0 Å². The Morgan fingerprint density at radius 2 is 2.11 bits per heavy atom. The molecule has 0 aliphatic rings. The molecular formula is C12H17N5O2. The molecule has 102 valence electrons. The minimum Gasteiger partial charge on any atom is -0.497 e. The summed E-state index contributed by atoms with van der Waals surface area (Å²) >= 11 is 0. The maximum absolute atomic E-state index is 5.34. The predicted octanol–water partition coefficient (Wildman–Crippen LogP) is 0.458. The van der Waals surface area contributed by atoms with Crippen molar-refractivity contribution in [2.24, 2.45) is 0 Å². The van der Waals surface area contributed by atoms with E-state index in [1.807, 2.05) is 25.2 Å². The third kappa shape index (κ3) is 3.00. The number of ether oxygens (including phenoxy) is 2. The van der Waals surface area contributed by atoms with Crippen molar-refractivity contribution in [1.29, 1.82) is 0 Å². The largest absolute Gasteiger partial charge is 0.497 e. The first-order valence-corrected chi connectivity index (χ1v) is 5.89. The van der Waals surface area contributed by atoms with Crippen LogP contribution in [0.5, 0.6) is 11.5 Å². The van der Waals surface area contributed by atoms with Gasteiger partial charge in [-0.15, -0.1) is 5.10 Å². The molecule has 7 heteroatoms. The Morgan fingerprint density at radius 1 is 1.26 bits per heavy atom. The molecular weight excluding hydrogens is 246 g/mol. The number of nitrogens with one attached hydrogen (secondary N) is 1. The van der Waals surface area contributed by atoms with Gasteiger partial charge >= 0.3 is 0 Å². The van der Waals surface area contributed by atoms with Crippen LogP contribution in [0.25, 0.3) is 0 Å². The first-order valence-electron chi connectivity index (χ1n) is 5.89. The molecule has 0 saturated heterocycles. The molecule has 0 spiro atoms. The Bertz CT molecular complexity index is 541. The van der Waals surface area contributed by atoms with Crippen molar-refractivity contribution in [2.45, 2.75) is 13.1 Å². The minimum absolute atomic E-state index is 0.532. The summed E-state index contributed by atoms with van der Waals surface area (Å²) in [7, 11) is 5.12. The van der Waals surface area contributed by atoms with Crippen LogP contribution in [0.3, 0.4) is 0 Å². The summed E-state index contributed by atoms with van der Waals surface area (Å²) in [4.78, 5) is 0. The number of hydrogen-bond acceptors (Lipinski definition) is 6. The third-order valence-corrected chi connectivity index (χ3v) is 2.75. The number of tetrazole rings is 1. The molecule has 19 heavy (non-hydrogen) atoms. The highest BCUT2D eigenvalue weighted by molar-refractivity contribution is 5.40. The highest BCUT2D eigenvalue weighted by atomic mass is 16.5. The van der Waals surface area contributed by atoms with E-state index in [2.05, 4.69) is 20.8 Å². The van der Waals surface area contributed by atoms with Crippen molar-refractivity contribution >= 4 is 0 Å². The minimum atomic E-state index is 0.532. The first kappa shape index (κ1) is 13.3. The molecule has 0 fully saturated rings. The van der Waals surface area contributed by atoms with Crippen molar-refractivity contribution in [2.75, 3.05) is 21.3 Å². The Morgan fingerprint density at radius 3 is 2.79 bits per heavy atom. The SMILES string of the molecule is CNCc1nnnn1Cc1cc(OC)ccc1OC. The average molecular weight is 263 g/mol. The van der Waals surface area contributed by atoms with Gasteiger partial charge in [0.15, 0.2) is 5.82 Å². The maximum Gasteiger partial charge on any atom is 0.165 e. The van der Waals surface area contributed by atoms with Gasteiger partial charge in [-0.2, -0.15) is 0 Å². The van der Waals surface area contributed by atoms with Crippen molar-refractivity contribution in [1.82, 2.24) is 25.5 Å². The van der Waals surface area contributed by atoms with Gasteiger partial charge in [0, 0.05) is 5.56 Å². The van der Waals surface area contributed by atoms with Crippen LogP contribution < -0.4 is 14.8 Å². The zero-order valence-corrected chi connectivity index (χ0v) is 11.3. The lowest BCUT2D eigenvalue weighted by molar-refractivity contribution is 0.396. The maximum atomic E-state index is 5.34. The van der Waals surface area contributed by atoms with Crippen LogP contribution in [0.15, 0.2) is 18.2 Å². The number of hydrogen-bond donors (Lipinski definition) is 1. The van der Waals surface area contributed by atoms with E-state index in [0.29, 0.717) is 13.1 Å². The van der Waals surface area contributed by atoms with E-state index in [1.165, 1.54) is 0 Å². The molecule has 7 nitrogen and oxygen atoms in total. The summed E-state index contributed by atoms with van der Waals surface area (Å²) in [5, 5.41) is 14.7. The fraction of sp³-hybridized carbons (Fsp3) is 0.417. The predicted molar refractivity (Wildman–Crippen MR) is 69.2 cm³/mol. The van der Waals surface area contributed by atoms with Crippen LogP contribution in [-0.2, 0) is 13.1 Å². The topological polar surface area (TPSA) is 74.1 Å². The van der Waals surface area contributed by atoms with Crippen LogP contribution in [0.4, 0.5) is 0 Å². The Balaban J connectivity index is 2.28. The molecule has 0 atom stereocenters. The summed E-state index contributed by atoms with van der Waals surface area (Å²) < 4.78 is 12.3. The van der Waals surface area contributed by atoms with Crippen molar-refractivity contribution in [3.8, 4) is 11.5 Å². The molecule has 2 aromatic rings. The van der Waals surface area contributed by atoms with E-state index in [0.717, 1.165) is 22.9 Å². The molecule has 0 saturated carbocycles. The smallest absolute Gasteiger partial charge is 0.165 e. The molecule has 2 rings (SSSR count). The molecule has 0 bridgehead atoms. The van der Waals surface area contributed by atoms with Crippen molar-refractivity contribution < 1.29 is 9.47 Å². The lowest BCUT2D eigenvalue weighted by atomic mass is 10.2. The molecule has 1 N–H and O–H groups in total. The van der Waals surface area contributed by atoms with Crippen molar-refractivity contribution in [3.05, 3.63) is 29.6 Å². The molecule has 1 aromatic carbocycles. The van der Waals surface area contributed by atoms with E-state index in [-0.39, 0.29) is 0 Å². The molecule has 0 unspecified atom stereocenters. The van der Waals surface area contributed by atoms with Gasteiger partial charge in [0.1, 0.15) is 11.5 Å². The van der Waals surface area contributed by atoms with Crippen LogP contribution in [-0.4, -0.2) is 41.5 Å². The molecule has 0 aliphatic heterocycles. The van der Waals surface area contributed by atoms with Gasteiger partial charge in [-0.1, -0.05) is 0 Å². The molecule has 0 amide bonds. The van der Waals surface area contributed by atoms with Gasteiger partial charge in [0.05, 0.1) is 27.3 Å². The molecule has 1 heterocycles. The average Bonchev–Trinajstić information content (AvgIpc) is 2.86. The molecule has 1 aromatic heterocycles. The van der Waals surface area contributed by atoms with E-state index in [9.17, 15) is 0 Å². The van der Waals surface area contributed by atoms with Gasteiger partial charge in [0.25, 0.3) is 0 Å². The first-order chi connectivity index (χ1) is 9.28. The normalized spacial score (nSPS) is 10.5. The fourth-order valence-corrected chi connectivity index (χ4v) is 1.80. The summed E-state index contributed by atoms with van der Waals surface area (Å²) in [6.45, 7) is 1.14. The van der Waals surface area contributed by atoms with Gasteiger partial charge < -0.3 is 14.8 Å². The fourth-order valence-electron chi connectivity index (χ4n) is 1.80. The second-order valence-electron chi connectivity index (χ2n) is 3.96. The summed E-state index contributed by atoms with van der Waals surface area (Å²) in [6.07, 6.45) is 0. The highest BCUT2D eigenvalue weighted by Crippen LogP contribution is 2.24.